The van der Waals surface area contributed by atoms with Gasteiger partial charge in [0.2, 0.25) is 0 Å². The van der Waals surface area contributed by atoms with E-state index in [0.717, 1.165) is 0 Å². The molecule has 0 unspecified atom stereocenters. The van der Waals surface area contributed by atoms with Crippen LogP contribution in [-0.4, -0.2) is 0 Å². The Hall–Kier alpha value is -1.56. The third-order valence-corrected chi connectivity index (χ3v) is 7.12. The van der Waals surface area contributed by atoms with E-state index in [4.69, 9.17) is 0 Å². The Morgan fingerprint density at radius 1 is 0.321 bits per heavy atom. The van der Waals surface area contributed by atoms with Crippen molar-refractivity contribution in [2.45, 2.75) is 110 Å². The minimum absolute atomic E-state index is 0. The number of benzene rings is 2. The van der Waals surface area contributed by atoms with Crippen molar-refractivity contribution >= 4 is 0 Å². The molecule has 2 aromatic rings. The van der Waals surface area contributed by atoms with Crippen LogP contribution in [0.1, 0.15) is 95.0 Å². The molecule has 0 radical (unpaired) electrons. The third-order valence-electron chi connectivity index (χ3n) is 7.12. The van der Waals surface area contributed by atoms with Crippen molar-refractivity contribution in [2.75, 3.05) is 0 Å². The highest BCUT2D eigenvalue weighted by Crippen LogP contribution is 2.34. The van der Waals surface area contributed by atoms with E-state index in [1.807, 2.05) is 0 Å². The van der Waals surface area contributed by atoms with E-state index in [0.29, 0.717) is 0 Å². The first-order chi connectivity index (χ1) is 12.1. The van der Waals surface area contributed by atoms with E-state index in [2.05, 4.69) is 96.9 Å². The standard InChI is InChI=1S/C15H24.C12H18.CH4/c1-9-10(2)12(4)14(15(6,7)8)13(5)11(9)3;1-7-8(2)10(4)12(6)11(5)9(7)3;/h1-8H3;1-6H3;1H4. The number of hydrogen-bond acceptors (Lipinski definition) is 0. The van der Waals surface area contributed by atoms with Crippen LogP contribution in [-0.2, 0) is 5.41 Å². The first-order valence-corrected chi connectivity index (χ1v) is 10.2. The molecule has 0 spiro atoms. The number of hydrogen-bond donors (Lipinski definition) is 0. The fraction of sp³-hybridized carbons (Fsp3) is 0.571. The summed E-state index contributed by atoms with van der Waals surface area (Å²) in [5.74, 6) is 0. The van der Waals surface area contributed by atoms with Crippen molar-refractivity contribution in [2.24, 2.45) is 0 Å². The Bertz CT molecular complexity index is 721. The lowest BCUT2D eigenvalue weighted by atomic mass is 9.77. The van der Waals surface area contributed by atoms with Gasteiger partial charge in [-0.2, -0.15) is 0 Å². The molecule has 0 aliphatic carbocycles. The summed E-state index contributed by atoms with van der Waals surface area (Å²) in [5.41, 5.74) is 17.8. The van der Waals surface area contributed by atoms with Gasteiger partial charge in [0.15, 0.2) is 0 Å². The zero-order valence-corrected chi connectivity index (χ0v) is 20.5. The zero-order chi connectivity index (χ0) is 21.4. The highest BCUT2D eigenvalue weighted by atomic mass is 14.3. The summed E-state index contributed by atoms with van der Waals surface area (Å²) in [6.07, 6.45) is 0. The predicted molar refractivity (Wildman–Crippen MR) is 130 cm³/mol. The molecule has 0 N–H and O–H groups in total. The Morgan fingerprint density at radius 3 is 0.607 bits per heavy atom. The molecule has 0 nitrogen and oxygen atoms in total. The Kier molecular flexibility index (Phi) is 8.77. The summed E-state index contributed by atoms with van der Waals surface area (Å²) in [7, 11) is 0. The van der Waals surface area contributed by atoms with Gasteiger partial charge in [-0.25, -0.2) is 0 Å². The van der Waals surface area contributed by atoms with Crippen LogP contribution in [0.15, 0.2) is 0 Å². The summed E-state index contributed by atoms with van der Waals surface area (Å²) >= 11 is 0. The van der Waals surface area contributed by atoms with Crippen LogP contribution < -0.4 is 0 Å². The Morgan fingerprint density at radius 2 is 0.464 bits per heavy atom. The third kappa shape index (κ3) is 4.88. The first kappa shape index (κ1) is 26.4. The average molecular weight is 383 g/mol. The number of rotatable bonds is 0. The van der Waals surface area contributed by atoms with Crippen LogP contribution >= 0.6 is 0 Å². The van der Waals surface area contributed by atoms with Crippen LogP contribution in [0.4, 0.5) is 0 Å². The van der Waals surface area contributed by atoms with E-state index in [1.165, 1.54) is 66.8 Å². The molecule has 0 aliphatic heterocycles. The van der Waals surface area contributed by atoms with Crippen LogP contribution in [0.3, 0.4) is 0 Å². The van der Waals surface area contributed by atoms with Gasteiger partial charge in [-0.3, -0.25) is 0 Å². The Labute approximate surface area is 176 Å². The minimum Gasteiger partial charge on any atom is -0.0776 e. The maximum atomic E-state index is 2.30. The smallest absolute Gasteiger partial charge is 0.0126 e. The second-order valence-corrected chi connectivity index (χ2v) is 9.50. The molecular weight excluding hydrogens is 336 g/mol. The minimum atomic E-state index is 0. The SMILES string of the molecule is C.Cc1c(C)c(C)c(C(C)(C)C)c(C)c1C.Cc1c(C)c(C)c(C)c(C)c1C. The van der Waals surface area contributed by atoms with Crippen molar-refractivity contribution in [3.8, 4) is 0 Å². The molecule has 0 fully saturated rings. The summed E-state index contributed by atoms with van der Waals surface area (Å²) in [6.45, 7) is 31.4. The molecule has 0 bridgehead atoms. The molecule has 0 heterocycles. The highest BCUT2D eigenvalue weighted by Gasteiger charge is 2.22. The van der Waals surface area contributed by atoms with Crippen molar-refractivity contribution < 1.29 is 0 Å². The summed E-state index contributed by atoms with van der Waals surface area (Å²) in [4.78, 5) is 0. The van der Waals surface area contributed by atoms with Gasteiger partial charge < -0.3 is 0 Å². The van der Waals surface area contributed by atoms with Gasteiger partial charge >= 0.3 is 0 Å². The lowest BCUT2D eigenvalue weighted by Crippen LogP contribution is -2.17. The van der Waals surface area contributed by atoms with E-state index >= 15 is 0 Å². The van der Waals surface area contributed by atoms with Crippen LogP contribution in [0.25, 0.3) is 0 Å². The first-order valence-electron chi connectivity index (χ1n) is 10.2. The highest BCUT2D eigenvalue weighted by molar-refractivity contribution is 5.52. The molecular formula is C28H46. The second-order valence-electron chi connectivity index (χ2n) is 9.50. The molecule has 0 aromatic heterocycles. The molecule has 28 heavy (non-hydrogen) atoms. The van der Waals surface area contributed by atoms with Gasteiger partial charge in [0.1, 0.15) is 0 Å². The molecule has 0 heteroatoms. The van der Waals surface area contributed by atoms with Gasteiger partial charge in [0.25, 0.3) is 0 Å². The van der Waals surface area contributed by atoms with Gasteiger partial charge in [-0.1, -0.05) is 28.2 Å². The topological polar surface area (TPSA) is 0 Å². The van der Waals surface area contributed by atoms with Crippen molar-refractivity contribution in [3.05, 3.63) is 66.8 Å². The van der Waals surface area contributed by atoms with E-state index < -0.39 is 0 Å². The lowest BCUT2D eigenvalue weighted by Gasteiger charge is -2.28. The van der Waals surface area contributed by atoms with Crippen LogP contribution in [0.2, 0.25) is 0 Å². The predicted octanol–water partition coefficient (Wildman–Crippen LogP) is 8.70. The van der Waals surface area contributed by atoms with Gasteiger partial charge in [-0.15, -0.1) is 0 Å². The molecule has 2 rings (SSSR count). The maximum Gasteiger partial charge on any atom is -0.0126 e. The second kappa shape index (κ2) is 9.29. The average Bonchev–Trinajstić information content (AvgIpc) is 2.59. The van der Waals surface area contributed by atoms with Gasteiger partial charge in [0.05, 0.1) is 0 Å². The molecule has 0 atom stereocenters. The molecule has 158 valence electrons. The van der Waals surface area contributed by atoms with E-state index in [1.54, 1.807) is 0 Å². The molecule has 0 amide bonds. The fourth-order valence-corrected chi connectivity index (χ4v) is 4.31. The maximum absolute atomic E-state index is 2.30. The largest absolute Gasteiger partial charge is 0.0776 e. The van der Waals surface area contributed by atoms with E-state index in [9.17, 15) is 0 Å². The molecule has 2 aromatic carbocycles. The Balaban J connectivity index is 0.000000514. The molecule has 0 saturated carbocycles. The van der Waals surface area contributed by atoms with Crippen LogP contribution in [0.5, 0.6) is 0 Å². The van der Waals surface area contributed by atoms with Crippen molar-refractivity contribution in [3.63, 3.8) is 0 Å². The molecule has 0 saturated heterocycles. The normalized spacial score (nSPS) is 10.9. The quantitative estimate of drug-likeness (QED) is 0.427. The lowest BCUT2D eigenvalue weighted by molar-refractivity contribution is 0.580. The van der Waals surface area contributed by atoms with E-state index in [-0.39, 0.29) is 12.8 Å². The monoisotopic (exact) mass is 382 g/mol. The van der Waals surface area contributed by atoms with Gasteiger partial charge in [0, 0.05) is 0 Å². The fourth-order valence-electron chi connectivity index (χ4n) is 4.31. The van der Waals surface area contributed by atoms with Crippen molar-refractivity contribution in [1.29, 1.82) is 0 Å². The van der Waals surface area contributed by atoms with Crippen LogP contribution in [0, 0.1) is 76.2 Å². The van der Waals surface area contributed by atoms with Crippen molar-refractivity contribution in [1.82, 2.24) is 0 Å². The summed E-state index contributed by atoms with van der Waals surface area (Å²) in [5, 5.41) is 0. The molecule has 0 aliphatic rings. The summed E-state index contributed by atoms with van der Waals surface area (Å²) < 4.78 is 0. The summed E-state index contributed by atoms with van der Waals surface area (Å²) in [6, 6.07) is 0. The zero-order valence-electron chi connectivity index (χ0n) is 20.5. The van der Waals surface area contributed by atoms with Gasteiger partial charge in [-0.05, 0) is 148 Å².